The minimum absolute atomic E-state index is 0.0836. The van der Waals surface area contributed by atoms with Crippen molar-refractivity contribution in [3.05, 3.63) is 30.1 Å². The molecule has 1 aliphatic rings. The summed E-state index contributed by atoms with van der Waals surface area (Å²) in [5.74, 6) is -0.725. The predicted octanol–water partition coefficient (Wildman–Crippen LogP) is 0.740. The fraction of sp³-hybridized carbons (Fsp3) is 0.571. The number of rotatable bonds is 5. The van der Waals surface area contributed by atoms with Crippen molar-refractivity contribution < 1.29 is 12.8 Å². The Balaban J connectivity index is 1.94. The van der Waals surface area contributed by atoms with E-state index in [0.29, 0.717) is 0 Å². The molecule has 1 heterocycles. The van der Waals surface area contributed by atoms with E-state index in [2.05, 4.69) is 21.6 Å². The number of halogens is 1. The van der Waals surface area contributed by atoms with E-state index in [0.717, 1.165) is 32.2 Å². The number of nitrogens with zero attached hydrogens (tertiary/aromatic N) is 2. The maximum absolute atomic E-state index is 13.6. The second kappa shape index (κ2) is 6.83. The third-order valence-corrected chi connectivity index (χ3v) is 5.31. The molecular weight excluding hydrogens is 293 g/mol. The zero-order valence-electron chi connectivity index (χ0n) is 12.4. The third-order valence-electron chi connectivity index (χ3n) is 3.86. The second-order valence-electron chi connectivity index (χ2n) is 5.47. The first kappa shape index (κ1) is 16.4. The average molecular weight is 315 g/mol. The molecule has 2 rings (SSSR count). The maximum Gasteiger partial charge on any atom is 0.243 e. The van der Waals surface area contributed by atoms with Gasteiger partial charge in [0.1, 0.15) is 10.7 Å². The van der Waals surface area contributed by atoms with Crippen LogP contribution in [0.4, 0.5) is 4.39 Å². The highest BCUT2D eigenvalue weighted by Gasteiger charge is 2.23. The van der Waals surface area contributed by atoms with E-state index in [1.54, 1.807) is 0 Å². The number of likely N-dealkylation sites (N-methyl/N-ethyl adjacent to an activating group) is 1. The second-order valence-corrected chi connectivity index (χ2v) is 7.21. The summed E-state index contributed by atoms with van der Waals surface area (Å²) in [6.07, 6.45) is 0. The van der Waals surface area contributed by atoms with Gasteiger partial charge in [-0.3, -0.25) is 4.90 Å². The number of hydrogen-bond acceptors (Lipinski definition) is 4. The molecule has 1 atom stereocenters. The van der Waals surface area contributed by atoms with Crippen LogP contribution in [0.3, 0.4) is 0 Å². The van der Waals surface area contributed by atoms with Crippen molar-refractivity contribution in [3.63, 3.8) is 0 Å². The number of hydrogen-bond donors (Lipinski definition) is 1. The normalized spacial score (nSPS) is 19.6. The van der Waals surface area contributed by atoms with Crippen molar-refractivity contribution in [2.24, 2.45) is 0 Å². The first-order valence-corrected chi connectivity index (χ1v) is 8.55. The summed E-state index contributed by atoms with van der Waals surface area (Å²) in [7, 11) is -1.73. The van der Waals surface area contributed by atoms with Gasteiger partial charge in [0.2, 0.25) is 10.0 Å². The average Bonchev–Trinajstić information content (AvgIpc) is 2.46. The zero-order chi connectivity index (χ0) is 15.5. The molecule has 1 fully saturated rings. The van der Waals surface area contributed by atoms with Crippen LogP contribution in [0.1, 0.15) is 6.92 Å². The lowest BCUT2D eigenvalue weighted by Gasteiger charge is -2.36. The Kier molecular flexibility index (Phi) is 5.32. The fourth-order valence-corrected chi connectivity index (χ4v) is 3.56. The van der Waals surface area contributed by atoms with Gasteiger partial charge >= 0.3 is 0 Å². The Hall–Kier alpha value is -1.02. The van der Waals surface area contributed by atoms with Crippen LogP contribution in [-0.2, 0) is 10.0 Å². The van der Waals surface area contributed by atoms with E-state index in [1.165, 1.54) is 18.2 Å². The largest absolute Gasteiger partial charge is 0.304 e. The molecular formula is C14H22FN3O2S. The molecule has 1 aromatic carbocycles. The number of sulfonamides is 1. The van der Waals surface area contributed by atoms with E-state index in [9.17, 15) is 12.8 Å². The molecule has 118 valence electrons. The van der Waals surface area contributed by atoms with Crippen molar-refractivity contribution in [2.75, 3.05) is 39.8 Å². The maximum atomic E-state index is 13.6. The van der Waals surface area contributed by atoms with Crippen LogP contribution in [0.25, 0.3) is 0 Å². The predicted molar refractivity (Wildman–Crippen MR) is 80.1 cm³/mol. The first-order chi connectivity index (χ1) is 9.90. The smallest absolute Gasteiger partial charge is 0.243 e. The van der Waals surface area contributed by atoms with Gasteiger partial charge < -0.3 is 4.90 Å². The molecule has 5 nitrogen and oxygen atoms in total. The number of piperazine rings is 1. The Bertz CT molecular complexity index is 571. The lowest BCUT2D eigenvalue weighted by Crippen LogP contribution is -2.51. The van der Waals surface area contributed by atoms with Crippen molar-refractivity contribution >= 4 is 10.0 Å². The van der Waals surface area contributed by atoms with Gasteiger partial charge in [0.05, 0.1) is 0 Å². The molecule has 0 saturated carbocycles. The summed E-state index contributed by atoms with van der Waals surface area (Å²) in [5.41, 5.74) is 0. The SMILES string of the molecule is CC(CNS(=O)(=O)c1ccccc1F)N1CCN(C)CC1. The van der Waals surface area contributed by atoms with Crippen LogP contribution >= 0.6 is 0 Å². The Morgan fingerprint density at radius 1 is 1.24 bits per heavy atom. The fourth-order valence-electron chi connectivity index (χ4n) is 2.36. The lowest BCUT2D eigenvalue weighted by atomic mass is 10.2. The molecule has 1 saturated heterocycles. The van der Waals surface area contributed by atoms with E-state index >= 15 is 0 Å². The molecule has 1 aliphatic heterocycles. The highest BCUT2D eigenvalue weighted by molar-refractivity contribution is 7.89. The Labute approximate surface area is 125 Å². The first-order valence-electron chi connectivity index (χ1n) is 7.07. The molecule has 7 heteroatoms. The monoisotopic (exact) mass is 315 g/mol. The van der Waals surface area contributed by atoms with Gasteiger partial charge in [-0.2, -0.15) is 0 Å². The quantitative estimate of drug-likeness (QED) is 0.871. The van der Waals surface area contributed by atoms with Gasteiger partial charge in [-0.05, 0) is 26.1 Å². The molecule has 0 spiro atoms. The molecule has 0 bridgehead atoms. The van der Waals surface area contributed by atoms with Gasteiger partial charge in [-0.25, -0.2) is 17.5 Å². The molecule has 1 N–H and O–H groups in total. The lowest BCUT2D eigenvalue weighted by molar-refractivity contribution is 0.120. The number of nitrogens with one attached hydrogen (secondary N) is 1. The summed E-state index contributed by atoms with van der Waals surface area (Å²) in [4.78, 5) is 4.19. The van der Waals surface area contributed by atoms with E-state index < -0.39 is 15.8 Å². The summed E-state index contributed by atoms with van der Waals surface area (Å²) >= 11 is 0. The summed E-state index contributed by atoms with van der Waals surface area (Å²) < 4.78 is 40.3. The molecule has 0 radical (unpaired) electrons. The van der Waals surface area contributed by atoms with Crippen LogP contribution in [0.5, 0.6) is 0 Å². The molecule has 0 aromatic heterocycles. The topological polar surface area (TPSA) is 52.7 Å². The van der Waals surface area contributed by atoms with Gasteiger partial charge in [0.25, 0.3) is 0 Å². The minimum Gasteiger partial charge on any atom is -0.304 e. The van der Waals surface area contributed by atoms with Crippen molar-refractivity contribution in [2.45, 2.75) is 17.9 Å². The summed E-state index contributed by atoms with van der Waals surface area (Å²) in [6, 6.07) is 5.50. The van der Waals surface area contributed by atoms with Crippen molar-refractivity contribution in [1.29, 1.82) is 0 Å². The van der Waals surface area contributed by atoms with Crippen molar-refractivity contribution in [1.82, 2.24) is 14.5 Å². The Morgan fingerprint density at radius 3 is 2.48 bits per heavy atom. The molecule has 1 unspecified atom stereocenters. The van der Waals surface area contributed by atoms with Crippen molar-refractivity contribution in [3.8, 4) is 0 Å². The van der Waals surface area contributed by atoms with Gasteiger partial charge in [-0.15, -0.1) is 0 Å². The van der Waals surface area contributed by atoms with Crippen LogP contribution in [-0.4, -0.2) is 64.0 Å². The van der Waals surface area contributed by atoms with Crippen LogP contribution in [0.15, 0.2) is 29.2 Å². The van der Waals surface area contributed by atoms with Crippen LogP contribution < -0.4 is 4.72 Å². The van der Waals surface area contributed by atoms with Crippen LogP contribution in [0.2, 0.25) is 0 Å². The molecule has 21 heavy (non-hydrogen) atoms. The van der Waals surface area contributed by atoms with E-state index in [4.69, 9.17) is 0 Å². The summed E-state index contributed by atoms with van der Waals surface area (Å²) in [6.45, 7) is 6.04. The Morgan fingerprint density at radius 2 is 1.86 bits per heavy atom. The molecule has 0 aliphatic carbocycles. The molecule has 1 aromatic rings. The van der Waals surface area contributed by atoms with Crippen LogP contribution in [0, 0.1) is 5.82 Å². The highest BCUT2D eigenvalue weighted by Crippen LogP contribution is 2.13. The van der Waals surface area contributed by atoms with E-state index in [1.807, 2.05) is 6.92 Å². The number of benzene rings is 1. The van der Waals surface area contributed by atoms with Gasteiger partial charge in [0.15, 0.2) is 0 Å². The van der Waals surface area contributed by atoms with Gasteiger partial charge in [0, 0.05) is 38.8 Å². The zero-order valence-corrected chi connectivity index (χ0v) is 13.2. The third kappa shape index (κ3) is 4.23. The summed E-state index contributed by atoms with van der Waals surface area (Å²) in [5, 5.41) is 0. The van der Waals surface area contributed by atoms with E-state index in [-0.39, 0.29) is 17.5 Å². The highest BCUT2D eigenvalue weighted by atomic mass is 32.2. The van der Waals surface area contributed by atoms with Gasteiger partial charge in [-0.1, -0.05) is 12.1 Å². The minimum atomic E-state index is -3.80. The standard InChI is InChI=1S/C14H22FN3O2S/c1-12(18-9-7-17(2)8-10-18)11-16-21(19,20)14-6-4-3-5-13(14)15/h3-6,12,16H,7-11H2,1-2H3. The molecule has 0 amide bonds.